The van der Waals surface area contributed by atoms with Gasteiger partial charge >= 0.3 is 0 Å². The van der Waals surface area contributed by atoms with E-state index in [1.807, 2.05) is 16.7 Å². The molecule has 5 nitrogen and oxygen atoms in total. The summed E-state index contributed by atoms with van der Waals surface area (Å²) < 4.78 is 7.07. The molecule has 0 atom stereocenters. The standard InChI is InChI=1S/C12H13Cl2N3O2/c13-6-11-16-12-8(14)2-1-3-9(12)17(11)4-5-19-7-10(15)18/h1-3H,4-7H2,(H2,15,18). The van der Waals surface area contributed by atoms with Crippen LogP contribution in [0.2, 0.25) is 5.02 Å². The molecular formula is C12H13Cl2N3O2. The Morgan fingerprint density at radius 2 is 2.26 bits per heavy atom. The van der Waals surface area contributed by atoms with Gasteiger partial charge in [-0.15, -0.1) is 11.6 Å². The summed E-state index contributed by atoms with van der Waals surface area (Å²) in [6.07, 6.45) is 0. The number of halogens is 2. The highest BCUT2D eigenvalue weighted by molar-refractivity contribution is 6.35. The van der Waals surface area contributed by atoms with Crippen molar-refractivity contribution in [2.45, 2.75) is 12.4 Å². The van der Waals surface area contributed by atoms with Crippen LogP contribution in [0, 0.1) is 0 Å². The third kappa shape index (κ3) is 3.18. The molecule has 19 heavy (non-hydrogen) atoms. The SMILES string of the molecule is NC(=O)COCCn1c(CCl)nc2c(Cl)cccc21. The molecule has 0 aliphatic carbocycles. The van der Waals surface area contributed by atoms with Crippen LogP contribution in [0.4, 0.5) is 0 Å². The zero-order chi connectivity index (χ0) is 13.8. The number of amides is 1. The fourth-order valence-electron chi connectivity index (χ4n) is 1.84. The van der Waals surface area contributed by atoms with E-state index in [-0.39, 0.29) is 12.5 Å². The van der Waals surface area contributed by atoms with E-state index in [1.54, 1.807) is 6.07 Å². The lowest BCUT2D eigenvalue weighted by Crippen LogP contribution is -2.20. The van der Waals surface area contributed by atoms with Gasteiger partial charge in [-0.05, 0) is 12.1 Å². The number of carbonyl (C=O) groups is 1. The summed E-state index contributed by atoms with van der Waals surface area (Å²) in [6.45, 7) is 0.792. The van der Waals surface area contributed by atoms with E-state index in [9.17, 15) is 4.79 Å². The van der Waals surface area contributed by atoms with E-state index in [4.69, 9.17) is 33.7 Å². The summed E-state index contributed by atoms with van der Waals surface area (Å²) >= 11 is 12.0. The maximum atomic E-state index is 10.6. The first-order chi connectivity index (χ1) is 9.13. The van der Waals surface area contributed by atoms with Gasteiger partial charge in [0.1, 0.15) is 17.9 Å². The number of para-hydroxylation sites is 1. The van der Waals surface area contributed by atoms with Crippen LogP contribution in [0.15, 0.2) is 18.2 Å². The Morgan fingerprint density at radius 1 is 1.47 bits per heavy atom. The minimum Gasteiger partial charge on any atom is -0.370 e. The Balaban J connectivity index is 2.21. The third-order valence-corrected chi connectivity index (χ3v) is 3.18. The molecule has 0 aliphatic rings. The molecule has 0 fully saturated rings. The Morgan fingerprint density at radius 3 is 2.95 bits per heavy atom. The maximum absolute atomic E-state index is 10.6. The van der Waals surface area contributed by atoms with Gasteiger partial charge in [-0.1, -0.05) is 17.7 Å². The van der Waals surface area contributed by atoms with Crippen molar-refractivity contribution in [3.8, 4) is 0 Å². The summed E-state index contributed by atoms with van der Waals surface area (Å²) in [5, 5.41) is 0.584. The lowest BCUT2D eigenvalue weighted by molar-refractivity contribution is -0.122. The van der Waals surface area contributed by atoms with E-state index in [2.05, 4.69) is 4.98 Å². The first-order valence-electron chi connectivity index (χ1n) is 5.69. The number of carbonyl (C=O) groups excluding carboxylic acids is 1. The monoisotopic (exact) mass is 301 g/mol. The number of fused-ring (bicyclic) bond motifs is 1. The number of alkyl halides is 1. The highest BCUT2D eigenvalue weighted by Crippen LogP contribution is 2.24. The molecule has 0 saturated carbocycles. The van der Waals surface area contributed by atoms with Crippen LogP contribution in [0.3, 0.4) is 0 Å². The van der Waals surface area contributed by atoms with Crippen molar-refractivity contribution in [1.29, 1.82) is 0 Å². The summed E-state index contributed by atoms with van der Waals surface area (Å²) in [6, 6.07) is 5.55. The number of hydrogen-bond acceptors (Lipinski definition) is 3. The zero-order valence-electron chi connectivity index (χ0n) is 10.1. The summed E-state index contributed by atoms with van der Waals surface area (Å²) in [7, 11) is 0. The predicted octanol–water partition coefficient (Wildman–Crippen LogP) is 1.93. The lowest BCUT2D eigenvalue weighted by atomic mass is 10.3. The molecule has 0 saturated heterocycles. The van der Waals surface area contributed by atoms with E-state index in [0.717, 1.165) is 11.0 Å². The summed E-state index contributed by atoms with van der Waals surface area (Å²) in [4.78, 5) is 15.0. The molecule has 2 aromatic rings. The van der Waals surface area contributed by atoms with Crippen molar-refractivity contribution in [2.75, 3.05) is 13.2 Å². The molecule has 0 bridgehead atoms. The Bertz CT molecular complexity index is 598. The zero-order valence-corrected chi connectivity index (χ0v) is 11.6. The molecule has 2 N–H and O–H groups in total. The minimum atomic E-state index is -0.490. The number of nitrogens with two attached hydrogens (primary N) is 1. The van der Waals surface area contributed by atoms with E-state index in [0.29, 0.717) is 24.0 Å². The van der Waals surface area contributed by atoms with Gasteiger partial charge in [0, 0.05) is 6.54 Å². The molecular weight excluding hydrogens is 289 g/mol. The van der Waals surface area contributed by atoms with Gasteiger partial charge < -0.3 is 15.0 Å². The van der Waals surface area contributed by atoms with Crippen molar-refractivity contribution < 1.29 is 9.53 Å². The topological polar surface area (TPSA) is 70.1 Å². The first-order valence-corrected chi connectivity index (χ1v) is 6.60. The van der Waals surface area contributed by atoms with Crippen LogP contribution in [0.1, 0.15) is 5.82 Å². The van der Waals surface area contributed by atoms with Gasteiger partial charge in [0.25, 0.3) is 0 Å². The molecule has 0 unspecified atom stereocenters. The minimum absolute atomic E-state index is 0.0937. The normalized spacial score (nSPS) is 11.1. The van der Waals surface area contributed by atoms with Gasteiger partial charge in [-0.3, -0.25) is 4.79 Å². The van der Waals surface area contributed by atoms with E-state index >= 15 is 0 Å². The molecule has 1 aromatic carbocycles. The molecule has 7 heteroatoms. The molecule has 102 valence electrons. The fourth-order valence-corrected chi connectivity index (χ4v) is 2.26. The van der Waals surface area contributed by atoms with Crippen LogP contribution in [0.5, 0.6) is 0 Å². The van der Waals surface area contributed by atoms with Gasteiger partial charge in [0.15, 0.2) is 0 Å². The van der Waals surface area contributed by atoms with Crippen molar-refractivity contribution in [2.24, 2.45) is 5.73 Å². The van der Waals surface area contributed by atoms with Crippen molar-refractivity contribution in [3.63, 3.8) is 0 Å². The van der Waals surface area contributed by atoms with Crippen LogP contribution < -0.4 is 5.73 Å². The van der Waals surface area contributed by atoms with Gasteiger partial charge in [0.2, 0.25) is 5.91 Å². The third-order valence-electron chi connectivity index (χ3n) is 2.63. The lowest BCUT2D eigenvalue weighted by Gasteiger charge is -2.07. The fraction of sp³-hybridized carbons (Fsp3) is 0.333. The Hall–Kier alpha value is -1.30. The highest BCUT2D eigenvalue weighted by Gasteiger charge is 2.11. The van der Waals surface area contributed by atoms with Crippen molar-refractivity contribution in [1.82, 2.24) is 9.55 Å². The number of aromatic nitrogens is 2. The number of hydrogen-bond donors (Lipinski definition) is 1. The first kappa shape index (κ1) is 14.1. The molecule has 2 rings (SSSR count). The summed E-state index contributed by atoms with van der Waals surface area (Å²) in [5.74, 6) is 0.504. The van der Waals surface area contributed by atoms with Gasteiger partial charge in [-0.25, -0.2) is 4.98 Å². The molecule has 1 aromatic heterocycles. The molecule has 0 spiro atoms. The number of imidazole rings is 1. The number of benzene rings is 1. The number of ether oxygens (including phenoxy) is 1. The second-order valence-electron chi connectivity index (χ2n) is 3.94. The highest BCUT2D eigenvalue weighted by atomic mass is 35.5. The van der Waals surface area contributed by atoms with Crippen molar-refractivity contribution in [3.05, 3.63) is 29.0 Å². The van der Waals surface area contributed by atoms with Crippen LogP contribution >= 0.6 is 23.2 Å². The van der Waals surface area contributed by atoms with Gasteiger partial charge in [0.05, 0.1) is 23.0 Å². The van der Waals surface area contributed by atoms with E-state index < -0.39 is 5.91 Å². The molecule has 0 radical (unpaired) electrons. The number of nitrogens with zero attached hydrogens (tertiary/aromatic N) is 2. The Labute approximate surface area is 120 Å². The smallest absolute Gasteiger partial charge is 0.243 e. The van der Waals surface area contributed by atoms with E-state index in [1.165, 1.54) is 0 Å². The second kappa shape index (κ2) is 6.23. The molecule has 1 heterocycles. The number of rotatable bonds is 6. The van der Waals surface area contributed by atoms with Crippen molar-refractivity contribution >= 4 is 40.1 Å². The average Bonchev–Trinajstić information content (AvgIpc) is 2.74. The molecule has 1 amide bonds. The quantitative estimate of drug-likeness (QED) is 0.655. The Kier molecular flexibility index (Phi) is 4.63. The van der Waals surface area contributed by atoms with Crippen LogP contribution in [0.25, 0.3) is 11.0 Å². The maximum Gasteiger partial charge on any atom is 0.243 e. The van der Waals surface area contributed by atoms with Gasteiger partial charge in [-0.2, -0.15) is 0 Å². The largest absolute Gasteiger partial charge is 0.370 e. The van der Waals surface area contributed by atoms with Crippen LogP contribution in [-0.4, -0.2) is 28.7 Å². The average molecular weight is 302 g/mol. The van der Waals surface area contributed by atoms with Crippen LogP contribution in [-0.2, 0) is 22.0 Å². The second-order valence-corrected chi connectivity index (χ2v) is 4.61. The summed E-state index contributed by atoms with van der Waals surface area (Å²) in [5.41, 5.74) is 6.61. The number of primary amides is 1. The molecule has 0 aliphatic heterocycles. The predicted molar refractivity (Wildman–Crippen MR) is 74.3 cm³/mol.